The number of halogens is 1. The molecule has 2 aromatic rings. The Hall–Kier alpha value is -1.89. The number of piperidine rings is 1. The number of aromatic nitrogens is 4. The Balaban J connectivity index is 1.69. The van der Waals surface area contributed by atoms with Crippen molar-refractivity contribution in [2.75, 3.05) is 13.1 Å². The summed E-state index contributed by atoms with van der Waals surface area (Å²) in [7, 11) is 0. The third kappa shape index (κ3) is 3.77. The molecule has 0 unspecified atom stereocenters. The molecule has 1 fully saturated rings. The van der Waals surface area contributed by atoms with Gasteiger partial charge in [0.2, 0.25) is 0 Å². The highest BCUT2D eigenvalue weighted by Gasteiger charge is 2.28. The van der Waals surface area contributed by atoms with Gasteiger partial charge in [-0.15, -0.1) is 0 Å². The van der Waals surface area contributed by atoms with E-state index < -0.39 is 5.60 Å². The number of carbonyl (C=O) groups excluding carboxylic acids is 1. The Kier molecular flexibility index (Phi) is 4.62. The molecule has 0 radical (unpaired) electrons. The van der Waals surface area contributed by atoms with E-state index in [1.807, 2.05) is 25.3 Å². The SMILES string of the molecule is CC(C)(C)OC(=O)N1CCC[C@H](Cn2cnc3c(Cl)ncnc32)C1. The lowest BCUT2D eigenvalue weighted by atomic mass is 9.98. The van der Waals surface area contributed by atoms with E-state index in [0.29, 0.717) is 23.1 Å². The molecule has 1 aliphatic heterocycles. The van der Waals surface area contributed by atoms with Gasteiger partial charge in [0.25, 0.3) is 0 Å². The lowest BCUT2D eigenvalue weighted by molar-refractivity contribution is 0.0158. The Morgan fingerprint density at radius 2 is 2.17 bits per heavy atom. The quantitative estimate of drug-likeness (QED) is 0.777. The molecule has 0 aliphatic carbocycles. The molecule has 1 saturated heterocycles. The summed E-state index contributed by atoms with van der Waals surface area (Å²) in [6.45, 7) is 7.80. The van der Waals surface area contributed by atoms with Crippen LogP contribution in [0.3, 0.4) is 0 Å². The van der Waals surface area contributed by atoms with Gasteiger partial charge in [0.15, 0.2) is 10.8 Å². The van der Waals surface area contributed by atoms with Crippen LogP contribution in [0.4, 0.5) is 4.79 Å². The first kappa shape index (κ1) is 17.0. The van der Waals surface area contributed by atoms with Gasteiger partial charge in [0.05, 0.1) is 6.33 Å². The molecular formula is C16H22ClN5O2. The number of fused-ring (bicyclic) bond motifs is 1. The van der Waals surface area contributed by atoms with Gasteiger partial charge in [0, 0.05) is 19.6 Å². The van der Waals surface area contributed by atoms with E-state index >= 15 is 0 Å². The number of hydrogen-bond acceptors (Lipinski definition) is 5. The van der Waals surface area contributed by atoms with Gasteiger partial charge < -0.3 is 14.2 Å². The molecule has 7 nitrogen and oxygen atoms in total. The summed E-state index contributed by atoms with van der Waals surface area (Å²) in [6.07, 6.45) is 4.95. The number of ether oxygens (including phenoxy) is 1. The largest absolute Gasteiger partial charge is 0.444 e. The van der Waals surface area contributed by atoms with E-state index in [0.717, 1.165) is 31.6 Å². The third-order valence-electron chi connectivity index (χ3n) is 3.98. The van der Waals surface area contributed by atoms with Crippen LogP contribution in [0.15, 0.2) is 12.7 Å². The van der Waals surface area contributed by atoms with E-state index in [4.69, 9.17) is 16.3 Å². The highest BCUT2D eigenvalue weighted by molar-refractivity contribution is 6.33. The highest BCUT2D eigenvalue weighted by Crippen LogP contribution is 2.23. The van der Waals surface area contributed by atoms with E-state index in [-0.39, 0.29) is 6.09 Å². The first-order valence-corrected chi connectivity index (χ1v) is 8.50. The molecule has 1 aliphatic rings. The number of nitrogens with zero attached hydrogens (tertiary/aromatic N) is 5. The van der Waals surface area contributed by atoms with Crippen LogP contribution in [-0.4, -0.2) is 49.2 Å². The Morgan fingerprint density at radius 3 is 2.92 bits per heavy atom. The number of amides is 1. The summed E-state index contributed by atoms with van der Waals surface area (Å²) < 4.78 is 7.45. The monoisotopic (exact) mass is 351 g/mol. The summed E-state index contributed by atoms with van der Waals surface area (Å²) in [6, 6.07) is 0. The van der Waals surface area contributed by atoms with Crippen LogP contribution in [0.5, 0.6) is 0 Å². The molecule has 3 heterocycles. The maximum absolute atomic E-state index is 12.3. The van der Waals surface area contributed by atoms with Gasteiger partial charge in [-0.3, -0.25) is 0 Å². The number of hydrogen-bond donors (Lipinski definition) is 0. The van der Waals surface area contributed by atoms with Crippen molar-refractivity contribution >= 4 is 28.9 Å². The van der Waals surface area contributed by atoms with Gasteiger partial charge in [-0.1, -0.05) is 11.6 Å². The van der Waals surface area contributed by atoms with Gasteiger partial charge in [-0.05, 0) is 39.5 Å². The van der Waals surface area contributed by atoms with Crippen molar-refractivity contribution in [3.05, 3.63) is 17.8 Å². The minimum atomic E-state index is -0.474. The molecule has 0 bridgehead atoms. The summed E-state index contributed by atoms with van der Waals surface area (Å²) >= 11 is 6.04. The van der Waals surface area contributed by atoms with Gasteiger partial charge in [0.1, 0.15) is 17.4 Å². The fraction of sp³-hybridized carbons (Fsp3) is 0.625. The van der Waals surface area contributed by atoms with Crippen LogP contribution in [0, 0.1) is 5.92 Å². The molecule has 24 heavy (non-hydrogen) atoms. The molecule has 130 valence electrons. The molecule has 8 heteroatoms. The lowest BCUT2D eigenvalue weighted by Gasteiger charge is -2.34. The second-order valence-corrected chi connectivity index (χ2v) is 7.53. The van der Waals surface area contributed by atoms with Crippen molar-refractivity contribution in [3.63, 3.8) is 0 Å². The maximum atomic E-state index is 12.3. The van der Waals surface area contributed by atoms with Gasteiger partial charge >= 0.3 is 6.09 Å². The molecule has 0 saturated carbocycles. The van der Waals surface area contributed by atoms with E-state index in [9.17, 15) is 4.79 Å². The first-order valence-electron chi connectivity index (χ1n) is 8.13. The van der Waals surface area contributed by atoms with Crippen molar-refractivity contribution in [1.82, 2.24) is 24.4 Å². The van der Waals surface area contributed by atoms with Crippen molar-refractivity contribution in [2.24, 2.45) is 5.92 Å². The molecule has 0 spiro atoms. The molecule has 0 aromatic carbocycles. The van der Waals surface area contributed by atoms with Crippen molar-refractivity contribution < 1.29 is 9.53 Å². The molecule has 3 rings (SSSR count). The van der Waals surface area contributed by atoms with Crippen LogP contribution < -0.4 is 0 Å². The lowest BCUT2D eigenvalue weighted by Crippen LogP contribution is -2.43. The minimum absolute atomic E-state index is 0.243. The van der Waals surface area contributed by atoms with E-state index in [1.54, 1.807) is 11.2 Å². The molecular weight excluding hydrogens is 330 g/mol. The predicted molar refractivity (Wildman–Crippen MR) is 90.9 cm³/mol. The minimum Gasteiger partial charge on any atom is -0.444 e. The van der Waals surface area contributed by atoms with Crippen LogP contribution in [-0.2, 0) is 11.3 Å². The summed E-state index contributed by atoms with van der Waals surface area (Å²) in [5.41, 5.74) is 0.862. The van der Waals surface area contributed by atoms with E-state index in [2.05, 4.69) is 15.0 Å². The second kappa shape index (κ2) is 6.55. The van der Waals surface area contributed by atoms with Crippen LogP contribution >= 0.6 is 11.6 Å². The Bertz CT molecular complexity index is 740. The zero-order valence-electron chi connectivity index (χ0n) is 14.2. The zero-order valence-corrected chi connectivity index (χ0v) is 15.0. The van der Waals surface area contributed by atoms with Crippen LogP contribution in [0.2, 0.25) is 5.15 Å². The fourth-order valence-corrected chi connectivity index (χ4v) is 3.15. The smallest absolute Gasteiger partial charge is 0.410 e. The number of imidazole rings is 1. The Morgan fingerprint density at radius 1 is 1.38 bits per heavy atom. The summed E-state index contributed by atoms with van der Waals surface area (Å²) in [4.78, 5) is 26.6. The number of rotatable bonds is 2. The number of carbonyl (C=O) groups is 1. The standard InChI is InChI=1S/C16H22ClN5O2/c1-16(2,3)24-15(23)21-6-4-5-11(7-21)8-22-10-20-12-13(17)18-9-19-14(12)22/h9-11H,4-8H2,1-3H3/t11-/m0/s1. The summed E-state index contributed by atoms with van der Waals surface area (Å²) in [5, 5.41) is 0.359. The number of likely N-dealkylation sites (tertiary alicyclic amines) is 1. The Labute approximate surface area is 146 Å². The maximum Gasteiger partial charge on any atom is 0.410 e. The molecule has 2 aromatic heterocycles. The normalized spacial score (nSPS) is 18.8. The average molecular weight is 352 g/mol. The highest BCUT2D eigenvalue weighted by atomic mass is 35.5. The zero-order chi connectivity index (χ0) is 17.3. The van der Waals surface area contributed by atoms with Crippen LogP contribution in [0.1, 0.15) is 33.6 Å². The molecule has 1 atom stereocenters. The van der Waals surface area contributed by atoms with Crippen molar-refractivity contribution in [2.45, 2.75) is 45.8 Å². The fourth-order valence-electron chi connectivity index (χ4n) is 2.97. The average Bonchev–Trinajstić information content (AvgIpc) is 2.90. The second-order valence-electron chi connectivity index (χ2n) is 7.17. The van der Waals surface area contributed by atoms with E-state index in [1.165, 1.54) is 6.33 Å². The van der Waals surface area contributed by atoms with Crippen LogP contribution in [0.25, 0.3) is 11.2 Å². The predicted octanol–water partition coefficient (Wildman–Crippen LogP) is 3.13. The van der Waals surface area contributed by atoms with Crippen molar-refractivity contribution in [1.29, 1.82) is 0 Å². The molecule has 1 amide bonds. The first-order chi connectivity index (χ1) is 11.3. The van der Waals surface area contributed by atoms with Crippen molar-refractivity contribution in [3.8, 4) is 0 Å². The van der Waals surface area contributed by atoms with Gasteiger partial charge in [-0.2, -0.15) is 0 Å². The third-order valence-corrected chi connectivity index (χ3v) is 4.26. The molecule has 0 N–H and O–H groups in total. The van der Waals surface area contributed by atoms with Gasteiger partial charge in [-0.25, -0.2) is 19.7 Å². The summed E-state index contributed by atoms with van der Waals surface area (Å²) in [5.74, 6) is 0.331. The topological polar surface area (TPSA) is 73.1 Å².